The lowest BCUT2D eigenvalue weighted by atomic mass is 9.99. The molecule has 0 radical (unpaired) electrons. The van der Waals surface area contributed by atoms with E-state index >= 15 is 0 Å². The van der Waals surface area contributed by atoms with Gasteiger partial charge < -0.3 is 45.1 Å². The van der Waals surface area contributed by atoms with Crippen LogP contribution in [0.25, 0.3) is 0 Å². The molecular weight excluding hydrogens is 871 g/mol. The first-order valence-electron chi connectivity index (χ1n) is 27.7. The monoisotopic (exact) mass is 972 g/mol. The van der Waals surface area contributed by atoms with Crippen molar-refractivity contribution in [3.05, 3.63) is 72.9 Å². The van der Waals surface area contributed by atoms with Crippen LogP contribution in [0.4, 0.5) is 0 Å². The van der Waals surface area contributed by atoms with Crippen molar-refractivity contribution >= 4 is 11.9 Å². The number of rotatable bonds is 46. The van der Waals surface area contributed by atoms with E-state index in [1.54, 1.807) is 6.08 Å². The van der Waals surface area contributed by atoms with E-state index in [-0.39, 0.29) is 18.5 Å². The zero-order chi connectivity index (χ0) is 50.3. The third-order valence-electron chi connectivity index (χ3n) is 12.5. The number of carbonyl (C=O) groups is 2. The van der Waals surface area contributed by atoms with E-state index in [1.165, 1.54) is 77.0 Å². The van der Waals surface area contributed by atoms with E-state index in [4.69, 9.17) is 14.2 Å². The molecule has 1 rings (SSSR count). The second-order valence-corrected chi connectivity index (χ2v) is 18.9. The van der Waals surface area contributed by atoms with Crippen LogP contribution in [0.1, 0.15) is 219 Å². The van der Waals surface area contributed by atoms with Crippen molar-refractivity contribution in [3.63, 3.8) is 0 Å². The highest BCUT2D eigenvalue weighted by atomic mass is 16.7. The minimum absolute atomic E-state index is 0.0578. The van der Waals surface area contributed by atoms with Crippen LogP contribution in [0, 0.1) is 0 Å². The van der Waals surface area contributed by atoms with Gasteiger partial charge in [-0.3, -0.25) is 9.59 Å². The largest absolute Gasteiger partial charge is 0.466 e. The lowest BCUT2D eigenvalue weighted by Crippen LogP contribution is -2.60. The fourth-order valence-corrected chi connectivity index (χ4v) is 8.04. The molecule has 0 aromatic rings. The maximum Gasteiger partial charge on any atom is 0.305 e. The summed E-state index contributed by atoms with van der Waals surface area (Å²) in [5.41, 5.74) is 0. The molecule has 0 aliphatic carbocycles. The van der Waals surface area contributed by atoms with E-state index in [1.807, 2.05) is 6.08 Å². The van der Waals surface area contributed by atoms with Gasteiger partial charge in [-0.25, -0.2) is 0 Å². The summed E-state index contributed by atoms with van der Waals surface area (Å²) in [4.78, 5) is 25.0. The van der Waals surface area contributed by atoms with Crippen molar-refractivity contribution in [2.75, 3.05) is 19.8 Å². The zero-order valence-electron chi connectivity index (χ0n) is 43.5. The Morgan fingerprint density at radius 3 is 1.65 bits per heavy atom. The molecule has 1 aliphatic heterocycles. The molecule has 7 unspecified atom stereocenters. The molecule has 1 saturated heterocycles. The highest BCUT2D eigenvalue weighted by Gasteiger charge is 2.44. The Morgan fingerprint density at radius 1 is 0.551 bits per heavy atom. The second kappa shape index (κ2) is 47.4. The summed E-state index contributed by atoms with van der Waals surface area (Å²) in [6.45, 7) is 4.17. The van der Waals surface area contributed by atoms with Crippen molar-refractivity contribution in [2.45, 2.75) is 262 Å². The number of hydrogen-bond donors (Lipinski definition) is 6. The fraction of sp³-hybridized carbons (Fsp3) is 0.759. The van der Waals surface area contributed by atoms with E-state index in [0.717, 1.165) is 116 Å². The van der Waals surface area contributed by atoms with E-state index in [9.17, 15) is 35.1 Å². The number of esters is 1. The number of aliphatic hydroxyl groups is 5. The lowest BCUT2D eigenvalue weighted by molar-refractivity contribution is -0.302. The number of amides is 1. The van der Waals surface area contributed by atoms with Gasteiger partial charge in [-0.15, -0.1) is 0 Å². The van der Waals surface area contributed by atoms with Crippen molar-refractivity contribution in [2.24, 2.45) is 0 Å². The minimum atomic E-state index is -1.59. The SMILES string of the molecule is CCCC/C=C\C/C=C\CCCCCCCC(=O)OCCCCC/C=C\C=C/CCCCCCCCC(=O)NC(COC1OC(CO)C(O)C(O)C1O)C(O)/C=C/CC/C=C/CCCCCCCC. The summed E-state index contributed by atoms with van der Waals surface area (Å²) in [5, 5.41) is 54.2. The molecule has 0 saturated carbocycles. The van der Waals surface area contributed by atoms with Crippen molar-refractivity contribution in [1.29, 1.82) is 0 Å². The first kappa shape index (κ1) is 64.1. The summed E-state index contributed by atoms with van der Waals surface area (Å²) in [7, 11) is 0. The number of ether oxygens (including phenoxy) is 3. The molecule has 1 amide bonds. The summed E-state index contributed by atoms with van der Waals surface area (Å²) in [5.74, 6) is -0.276. The third kappa shape index (κ3) is 37.5. The van der Waals surface area contributed by atoms with Gasteiger partial charge in [0, 0.05) is 12.8 Å². The predicted octanol–water partition coefficient (Wildman–Crippen LogP) is 12.1. The predicted molar refractivity (Wildman–Crippen MR) is 283 cm³/mol. The molecule has 11 nitrogen and oxygen atoms in total. The molecule has 1 fully saturated rings. The normalized spacial score (nSPS) is 19.9. The van der Waals surface area contributed by atoms with Crippen LogP contribution >= 0.6 is 0 Å². The van der Waals surface area contributed by atoms with Gasteiger partial charge in [-0.1, -0.05) is 177 Å². The highest BCUT2D eigenvalue weighted by Crippen LogP contribution is 2.22. The van der Waals surface area contributed by atoms with Gasteiger partial charge in [0.25, 0.3) is 0 Å². The van der Waals surface area contributed by atoms with Gasteiger partial charge in [0.05, 0.1) is 32.0 Å². The second-order valence-electron chi connectivity index (χ2n) is 18.9. The standard InChI is InChI=1S/C58H101NO10/c1-3-5-7-9-11-13-15-17-22-26-30-34-38-42-46-54(63)67-47-43-39-35-31-27-23-20-18-19-21-25-29-33-37-41-45-53(62)59-50(49-68-58-57(66)56(65)55(64)52(48-60)69-58)51(61)44-40-36-32-28-24-16-14-12-10-8-6-4-2/h9,11,15,17-18,20,23-24,27-28,40,44,50-52,55-58,60-61,64-66H,3-8,10,12-14,16,19,21-22,25-26,29-39,41-43,45-49H2,1-2H3,(H,59,62)/b11-9-,17-15-,20-18-,27-23-,28-24+,44-40+. The summed E-state index contributed by atoms with van der Waals surface area (Å²) in [6.07, 6.45) is 51.2. The number of aliphatic hydroxyl groups excluding tert-OH is 5. The Hall–Kier alpha value is -2.90. The first-order valence-corrected chi connectivity index (χ1v) is 27.7. The van der Waals surface area contributed by atoms with Gasteiger partial charge in [-0.05, 0) is 103 Å². The number of hydrogen-bond acceptors (Lipinski definition) is 10. The van der Waals surface area contributed by atoms with Gasteiger partial charge >= 0.3 is 5.97 Å². The van der Waals surface area contributed by atoms with E-state index in [0.29, 0.717) is 19.4 Å². The third-order valence-corrected chi connectivity index (χ3v) is 12.5. The van der Waals surface area contributed by atoms with Crippen LogP contribution in [0.2, 0.25) is 0 Å². The Bertz CT molecular complexity index is 1380. The van der Waals surface area contributed by atoms with E-state index < -0.39 is 49.5 Å². The van der Waals surface area contributed by atoms with Gasteiger partial charge in [-0.2, -0.15) is 0 Å². The van der Waals surface area contributed by atoms with Gasteiger partial charge in [0.2, 0.25) is 5.91 Å². The Labute approximate surface area is 420 Å². The molecule has 0 bridgehead atoms. The van der Waals surface area contributed by atoms with Crippen molar-refractivity contribution in [1.82, 2.24) is 5.32 Å². The van der Waals surface area contributed by atoms with Crippen molar-refractivity contribution < 1.29 is 49.3 Å². The average molecular weight is 972 g/mol. The molecule has 0 spiro atoms. The van der Waals surface area contributed by atoms with Crippen LogP contribution in [0.15, 0.2) is 72.9 Å². The Kier molecular flexibility index (Phi) is 44.1. The van der Waals surface area contributed by atoms with Crippen LogP contribution < -0.4 is 5.32 Å². The molecule has 0 aromatic heterocycles. The zero-order valence-corrected chi connectivity index (χ0v) is 43.5. The summed E-state index contributed by atoms with van der Waals surface area (Å²) < 4.78 is 16.6. The number of unbranched alkanes of at least 4 members (excludes halogenated alkanes) is 23. The molecule has 11 heteroatoms. The first-order chi connectivity index (χ1) is 33.7. The number of carbonyl (C=O) groups excluding carboxylic acids is 2. The molecule has 6 N–H and O–H groups in total. The quantitative estimate of drug-likeness (QED) is 0.0149. The van der Waals surface area contributed by atoms with E-state index in [2.05, 4.69) is 79.9 Å². The van der Waals surface area contributed by atoms with Crippen LogP contribution in [-0.2, 0) is 23.8 Å². The smallest absolute Gasteiger partial charge is 0.305 e. The minimum Gasteiger partial charge on any atom is -0.466 e. The molecule has 69 heavy (non-hydrogen) atoms. The molecule has 398 valence electrons. The molecule has 1 heterocycles. The maximum atomic E-state index is 13.0. The number of nitrogens with one attached hydrogen (secondary N) is 1. The lowest BCUT2D eigenvalue weighted by Gasteiger charge is -2.40. The van der Waals surface area contributed by atoms with Gasteiger partial charge in [0.15, 0.2) is 6.29 Å². The summed E-state index contributed by atoms with van der Waals surface area (Å²) >= 11 is 0. The molecule has 0 aromatic carbocycles. The van der Waals surface area contributed by atoms with Crippen LogP contribution in [-0.4, -0.2) is 100 Å². The fourth-order valence-electron chi connectivity index (χ4n) is 8.04. The number of allylic oxidation sites excluding steroid dienone is 11. The molecule has 1 aliphatic rings. The van der Waals surface area contributed by atoms with Gasteiger partial charge in [0.1, 0.15) is 24.4 Å². The van der Waals surface area contributed by atoms with Crippen LogP contribution in [0.3, 0.4) is 0 Å². The molecular formula is C58H101NO10. The Balaban J connectivity index is 2.18. The average Bonchev–Trinajstić information content (AvgIpc) is 3.34. The molecule has 7 atom stereocenters. The highest BCUT2D eigenvalue weighted by molar-refractivity contribution is 5.76. The van der Waals surface area contributed by atoms with Crippen LogP contribution in [0.5, 0.6) is 0 Å². The maximum absolute atomic E-state index is 13.0. The topological polar surface area (TPSA) is 175 Å². The Morgan fingerprint density at radius 2 is 1.04 bits per heavy atom. The summed E-state index contributed by atoms with van der Waals surface area (Å²) in [6, 6.07) is -0.846. The van der Waals surface area contributed by atoms with Crippen molar-refractivity contribution in [3.8, 4) is 0 Å².